The van der Waals surface area contributed by atoms with Gasteiger partial charge in [-0.3, -0.25) is 4.99 Å². The van der Waals surface area contributed by atoms with Crippen LogP contribution in [0.1, 0.15) is 25.8 Å². The van der Waals surface area contributed by atoms with Crippen LogP contribution in [0.3, 0.4) is 0 Å². The Kier molecular flexibility index (Phi) is 12.9. The zero-order chi connectivity index (χ0) is 15.5. The molecular weight excluding hydrogens is 457 g/mol. The summed E-state index contributed by atoms with van der Waals surface area (Å²) in [6, 6.07) is 8.68. The number of nitrogens with one attached hydrogen (secondary N) is 2. The van der Waals surface area contributed by atoms with Gasteiger partial charge in [0.15, 0.2) is 5.96 Å². The molecule has 0 fully saturated rings. The summed E-state index contributed by atoms with van der Waals surface area (Å²) in [4.78, 5) is 4.60. The van der Waals surface area contributed by atoms with E-state index in [0.29, 0.717) is 6.61 Å². The summed E-state index contributed by atoms with van der Waals surface area (Å²) in [6.07, 6.45) is 2.07. The van der Waals surface area contributed by atoms with E-state index in [1.54, 1.807) is 7.11 Å². The van der Waals surface area contributed by atoms with Crippen LogP contribution in [0.2, 0.25) is 0 Å². The Morgan fingerprint density at radius 3 is 2.82 bits per heavy atom. The lowest BCUT2D eigenvalue weighted by atomic mass is 10.1. The lowest BCUT2D eigenvalue weighted by Gasteiger charge is -2.16. The zero-order valence-corrected chi connectivity index (χ0v) is 17.5. The van der Waals surface area contributed by atoms with Crippen LogP contribution in [-0.2, 0) is 11.2 Å². The van der Waals surface area contributed by atoms with Crippen molar-refractivity contribution < 1.29 is 4.74 Å². The molecule has 4 nitrogen and oxygen atoms in total. The first kappa shape index (κ1) is 21.7. The summed E-state index contributed by atoms with van der Waals surface area (Å²) in [7, 11) is 1.71. The second-order valence-electron chi connectivity index (χ2n) is 4.99. The van der Waals surface area contributed by atoms with Gasteiger partial charge >= 0.3 is 0 Å². The molecule has 1 aromatic rings. The molecule has 1 unspecified atom stereocenters. The highest BCUT2D eigenvalue weighted by Gasteiger charge is 2.03. The van der Waals surface area contributed by atoms with Crippen molar-refractivity contribution in [3.8, 4) is 0 Å². The number of guanidine groups is 1. The first-order valence-corrected chi connectivity index (χ1v) is 8.23. The minimum absolute atomic E-state index is 0. The summed E-state index contributed by atoms with van der Waals surface area (Å²) in [5.41, 5.74) is 1.34. The molecule has 1 rings (SSSR count). The Bertz CT molecular complexity index is 443. The van der Waals surface area contributed by atoms with Gasteiger partial charge in [0, 0.05) is 30.7 Å². The van der Waals surface area contributed by atoms with E-state index in [2.05, 4.69) is 63.6 Å². The summed E-state index contributed by atoms with van der Waals surface area (Å²) >= 11 is 3.50. The van der Waals surface area contributed by atoms with Gasteiger partial charge in [-0.1, -0.05) is 28.1 Å². The lowest BCUT2D eigenvalue weighted by Crippen LogP contribution is -2.44. The average molecular weight is 484 g/mol. The fraction of sp³-hybridized carbons (Fsp3) is 0.562. The van der Waals surface area contributed by atoms with Crippen LogP contribution < -0.4 is 10.6 Å². The van der Waals surface area contributed by atoms with Crippen molar-refractivity contribution in [1.29, 1.82) is 0 Å². The largest absolute Gasteiger partial charge is 0.383 e. The van der Waals surface area contributed by atoms with E-state index in [4.69, 9.17) is 4.74 Å². The van der Waals surface area contributed by atoms with Crippen molar-refractivity contribution in [2.24, 2.45) is 4.99 Å². The quantitative estimate of drug-likeness (QED) is 0.257. The van der Waals surface area contributed by atoms with E-state index in [9.17, 15) is 0 Å². The van der Waals surface area contributed by atoms with Gasteiger partial charge in [0.2, 0.25) is 0 Å². The number of hydrogen-bond acceptors (Lipinski definition) is 2. The topological polar surface area (TPSA) is 45.7 Å². The molecule has 0 spiro atoms. The van der Waals surface area contributed by atoms with Gasteiger partial charge in [-0.15, -0.1) is 24.0 Å². The van der Waals surface area contributed by atoms with Gasteiger partial charge in [0.1, 0.15) is 0 Å². The molecular formula is C16H27BrIN3O. The number of nitrogens with zero attached hydrogens (tertiary/aromatic N) is 1. The van der Waals surface area contributed by atoms with Gasteiger partial charge in [-0.25, -0.2) is 0 Å². The van der Waals surface area contributed by atoms with E-state index in [1.165, 1.54) is 5.56 Å². The Hall–Kier alpha value is -0.340. The molecule has 22 heavy (non-hydrogen) atoms. The summed E-state index contributed by atoms with van der Waals surface area (Å²) in [5.74, 6) is 0.858. The molecule has 0 aliphatic heterocycles. The van der Waals surface area contributed by atoms with Gasteiger partial charge in [0.25, 0.3) is 0 Å². The number of aliphatic imine (C=N–C) groups is 1. The highest BCUT2D eigenvalue weighted by Crippen LogP contribution is 2.12. The van der Waals surface area contributed by atoms with E-state index >= 15 is 0 Å². The highest BCUT2D eigenvalue weighted by atomic mass is 127. The van der Waals surface area contributed by atoms with Crippen molar-refractivity contribution in [1.82, 2.24) is 10.6 Å². The smallest absolute Gasteiger partial charge is 0.191 e. The minimum atomic E-state index is 0. The predicted molar refractivity (Wildman–Crippen MR) is 108 cm³/mol. The summed E-state index contributed by atoms with van der Waals surface area (Å²) < 4.78 is 6.26. The molecule has 0 bridgehead atoms. The second kappa shape index (κ2) is 13.1. The second-order valence-corrected chi connectivity index (χ2v) is 5.91. The molecule has 0 amide bonds. The maximum Gasteiger partial charge on any atom is 0.191 e. The van der Waals surface area contributed by atoms with Gasteiger partial charge < -0.3 is 15.4 Å². The van der Waals surface area contributed by atoms with Crippen molar-refractivity contribution in [3.05, 3.63) is 34.3 Å². The molecule has 0 heterocycles. The van der Waals surface area contributed by atoms with Crippen LogP contribution in [0.4, 0.5) is 0 Å². The Balaban J connectivity index is 0.00000441. The summed E-state index contributed by atoms with van der Waals surface area (Å²) in [5, 5.41) is 6.59. The van der Waals surface area contributed by atoms with Crippen molar-refractivity contribution in [3.63, 3.8) is 0 Å². The van der Waals surface area contributed by atoms with Crippen LogP contribution in [-0.4, -0.2) is 38.8 Å². The normalized spacial score (nSPS) is 12.5. The van der Waals surface area contributed by atoms with Crippen molar-refractivity contribution in [2.45, 2.75) is 32.7 Å². The van der Waals surface area contributed by atoms with E-state index in [0.717, 1.165) is 36.4 Å². The number of ether oxygens (including phenoxy) is 1. The molecule has 1 aromatic carbocycles. The first-order chi connectivity index (χ1) is 10.2. The summed E-state index contributed by atoms with van der Waals surface area (Å²) in [6.45, 7) is 6.48. The standard InChI is InChI=1S/C16H26BrN3O.HI/c1-4-18-16(20-13(2)12-21-3)19-10-6-8-14-7-5-9-15(17)11-14;/h5,7,9,11,13H,4,6,8,10,12H2,1-3H3,(H2,18,19,20);1H. The number of hydrogen-bond donors (Lipinski definition) is 2. The third-order valence-corrected chi connectivity index (χ3v) is 3.42. The number of rotatable bonds is 8. The molecule has 126 valence electrons. The SMILES string of the molecule is CCNC(=NCCCc1cccc(Br)c1)NC(C)COC.I. The van der Waals surface area contributed by atoms with Gasteiger partial charge in [0.05, 0.1) is 6.61 Å². The molecule has 0 radical (unpaired) electrons. The van der Waals surface area contributed by atoms with E-state index in [1.807, 2.05) is 6.07 Å². The van der Waals surface area contributed by atoms with Gasteiger partial charge in [-0.05, 0) is 44.4 Å². The number of methoxy groups -OCH3 is 1. The van der Waals surface area contributed by atoms with Crippen molar-refractivity contribution >= 4 is 45.9 Å². The number of halogens is 2. The zero-order valence-electron chi connectivity index (χ0n) is 13.6. The Labute approximate surface area is 159 Å². The van der Waals surface area contributed by atoms with E-state index < -0.39 is 0 Å². The van der Waals surface area contributed by atoms with Gasteiger partial charge in [-0.2, -0.15) is 0 Å². The third kappa shape index (κ3) is 9.63. The molecule has 0 aliphatic rings. The Morgan fingerprint density at radius 1 is 1.41 bits per heavy atom. The maximum atomic E-state index is 5.13. The predicted octanol–water partition coefficient (Wildman–Crippen LogP) is 3.59. The third-order valence-electron chi connectivity index (χ3n) is 2.93. The van der Waals surface area contributed by atoms with Crippen LogP contribution in [0.25, 0.3) is 0 Å². The number of benzene rings is 1. The Morgan fingerprint density at radius 2 is 2.18 bits per heavy atom. The minimum Gasteiger partial charge on any atom is -0.383 e. The average Bonchev–Trinajstić information content (AvgIpc) is 2.44. The lowest BCUT2D eigenvalue weighted by molar-refractivity contribution is 0.179. The van der Waals surface area contributed by atoms with Crippen LogP contribution in [0.15, 0.2) is 33.7 Å². The van der Waals surface area contributed by atoms with Crippen molar-refractivity contribution in [2.75, 3.05) is 26.8 Å². The van der Waals surface area contributed by atoms with Crippen LogP contribution in [0, 0.1) is 0 Å². The molecule has 0 aliphatic carbocycles. The van der Waals surface area contributed by atoms with Crippen LogP contribution >= 0.6 is 39.9 Å². The number of aryl methyl sites for hydroxylation is 1. The molecule has 6 heteroatoms. The van der Waals surface area contributed by atoms with E-state index in [-0.39, 0.29) is 30.0 Å². The monoisotopic (exact) mass is 483 g/mol. The molecule has 0 saturated carbocycles. The van der Waals surface area contributed by atoms with Crippen LogP contribution in [0.5, 0.6) is 0 Å². The molecule has 1 atom stereocenters. The molecule has 0 saturated heterocycles. The highest BCUT2D eigenvalue weighted by molar-refractivity contribution is 14.0. The fourth-order valence-corrected chi connectivity index (χ4v) is 2.46. The fourth-order valence-electron chi connectivity index (χ4n) is 2.01. The maximum absolute atomic E-state index is 5.13. The first-order valence-electron chi connectivity index (χ1n) is 7.44. The molecule has 0 aromatic heterocycles. The molecule has 2 N–H and O–H groups in total.